The second kappa shape index (κ2) is 10.1. The first-order chi connectivity index (χ1) is 11.1. The number of likely N-dealkylation sites (N-methyl/N-ethyl adjacent to an activating group) is 1. The standard InChI is InChI=1S/C17H27FN4O.HI/c1-19-16(20-12-14-6-4-5-7-15(14)18)21-13-17(22(2)3)8-10-23-11-9-17;/h4-7H,8-13H2,1-3H3,(H2,19,20,21);1H. The third-order valence-corrected chi connectivity index (χ3v) is 4.58. The number of hydrogen-bond acceptors (Lipinski definition) is 3. The number of nitrogens with one attached hydrogen (secondary N) is 2. The summed E-state index contributed by atoms with van der Waals surface area (Å²) in [5, 5.41) is 6.54. The second-order valence-electron chi connectivity index (χ2n) is 6.10. The van der Waals surface area contributed by atoms with Gasteiger partial charge in [0.15, 0.2) is 5.96 Å². The summed E-state index contributed by atoms with van der Waals surface area (Å²) in [7, 11) is 5.92. The fourth-order valence-corrected chi connectivity index (χ4v) is 2.82. The molecular formula is C17H28FIN4O. The van der Waals surface area contributed by atoms with Crippen molar-refractivity contribution in [2.75, 3.05) is 40.9 Å². The zero-order valence-electron chi connectivity index (χ0n) is 14.6. The number of benzene rings is 1. The van der Waals surface area contributed by atoms with Crippen molar-refractivity contribution >= 4 is 29.9 Å². The lowest BCUT2D eigenvalue weighted by molar-refractivity contribution is -0.00501. The Labute approximate surface area is 161 Å². The summed E-state index contributed by atoms with van der Waals surface area (Å²) in [6.07, 6.45) is 1.97. The predicted octanol–water partition coefficient (Wildman–Crippen LogP) is 2.22. The van der Waals surface area contributed by atoms with Gasteiger partial charge in [-0.3, -0.25) is 4.99 Å². The minimum Gasteiger partial charge on any atom is -0.381 e. The van der Waals surface area contributed by atoms with Crippen LogP contribution in [0.1, 0.15) is 18.4 Å². The van der Waals surface area contributed by atoms with Gasteiger partial charge in [-0.15, -0.1) is 24.0 Å². The highest BCUT2D eigenvalue weighted by molar-refractivity contribution is 14.0. The number of hydrogen-bond donors (Lipinski definition) is 2. The van der Waals surface area contributed by atoms with Gasteiger partial charge in [-0.1, -0.05) is 18.2 Å². The third kappa shape index (κ3) is 5.56. The highest BCUT2D eigenvalue weighted by atomic mass is 127. The van der Waals surface area contributed by atoms with E-state index in [4.69, 9.17) is 4.74 Å². The molecule has 0 aromatic heterocycles. The van der Waals surface area contributed by atoms with Gasteiger partial charge in [0.2, 0.25) is 0 Å². The zero-order chi connectivity index (χ0) is 16.7. The number of aliphatic imine (C=N–C) groups is 1. The Hall–Kier alpha value is -0.930. The van der Waals surface area contributed by atoms with Crippen LogP contribution in [-0.4, -0.2) is 57.3 Å². The molecule has 1 aliphatic rings. The van der Waals surface area contributed by atoms with Crippen LogP contribution in [0, 0.1) is 5.82 Å². The topological polar surface area (TPSA) is 48.9 Å². The molecule has 1 aromatic carbocycles. The van der Waals surface area contributed by atoms with Crippen molar-refractivity contribution in [1.29, 1.82) is 0 Å². The summed E-state index contributed by atoms with van der Waals surface area (Å²) >= 11 is 0. The van der Waals surface area contributed by atoms with E-state index >= 15 is 0 Å². The van der Waals surface area contributed by atoms with Gasteiger partial charge in [-0.25, -0.2) is 4.39 Å². The predicted molar refractivity (Wildman–Crippen MR) is 106 cm³/mol. The fourth-order valence-electron chi connectivity index (χ4n) is 2.82. The molecule has 0 bridgehead atoms. The summed E-state index contributed by atoms with van der Waals surface area (Å²) in [5.74, 6) is 0.477. The molecule has 1 saturated heterocycles. The van der Waals surface area contributed by atoms with E-state index in [0.717, 1.165) is 32.6 Å². The van der Waals surface area contributed by atoms with Gasteiger partial charge in [-0.2, -0.15) is 0 Å². The molecule has 0 unspecified atom stereocenters. The maximum absolute atomic E-state index is 13.7. The van der Waals surface area contributed by atoms with Crippen LogP contribution in [0.2, 0.25) is 0 Å². The first-order valence-electron chi connectivity index (χ1n) is 8.00. The van der Waals surface area contributed by atoms with Crippen molar-refractivity contribution in [3.8, 4) is 0 Å². The fraction of sp³-hybridized carbons (Fsp3) is 0.588. The summed E-state index contributed by atoms with van der Waals surface area (Å²) in [4.78, 5) is 6.49. The number of halogens is 2. The lowest BCUT2D eigenvalue weighted by atomic mass is 9.88. The van der Waals surface area contributed by atoms with Crippen LogP contribution in [0.5, 0.6) is 0 Å². The van der Waals surface area contributed by atoms with Crippen molar-refractivity contribution in [3.05, 3.63) is 35.6 Å². The molecule has 136 valence electrons. The number of ether oxygens (including phenoxy) is 1. The summed E-state index contributed by atoms with van der Waals surface area (Å²) < 4.78 is 19.2. The van der Waals surface area contributed by atoms with E-state index in [-0.39, 0.29) is 35.3 Å². The van der Waals surface area contributed by atoms with Gasteiger partial charge in [0.05, 0.1) is 0 Å². The SMILES string of the molecule is CN=C(NCc1ccccc1F)NCC1(N(C)C)CCOCC1.I. The molecule has 0 amide bonds. The Morgan fingerprint density at radius 2 is 1.92 bits per heavy atom. The Kier molecular flexibility index (Phi) is 8.93. The van der Waals surface area contributed by atoms with Gasteiger partial charge < -0.3 is 20.3 Å². The smallest absolute Gasteiger partial charge is 0.191 e. The van der Waals surface area contributed by atoms with E-state index in [1.54, 1.807) is 19.2 Å². The molecule has 1 aliphatic heterocycles. The molecule has 1 heterocycles. The molecule has 1 fully saturated rings. The van der Waals surface area contributed by atoms with Crippen molar-refractivity contribution < 1.29 is 9.13 Å². The Morgan fingerprint density at radius 3 is 2.50 bits per heavy atom. The molecule has 0 spiro atoms. The van der Waals surface area contributed by atoms with Crippen molar-refractivity contribution in [2.45, 2.75) is 24.9 Å². The zero-order valence-corrected chi connectivity index (χ0v) is 17.0. The van der Waals surface area contributed by atoms with Gasteiger partial charge in [0.25, 0.3) is 0 Å². The highest BCUT2D eigenvalue weighted by Crippen LogP contribution is 2.24. The van der Waals surface area contributed by atoms with Crippen molar-refractivity contribution in [3.63, 3.8) is 0 Å². The monoisotopic (exact) mass is 450 g/mol. The molecule has 24 heavy (non-hydrogen) atoms. The van der Waals surface area contributed by atoms with E-state index in [0.29, 0.717) is 18.1 Å². The normalized spacial score (nSPS) is 17.3. The van der Waals surface area contributed by atoms with Crippen LogP contribution < -0.4 is 10.6 Å². The van der Waals surface area contributed by atoms with Crippen LogP contribution in [0.25, 0.3) is 0 Å². The summed E-state index contributed by atoms with van der Waals surface area (Å²) in [6.45, 7) is 2.74. The van der Waals surface area contributed by atoms with Gasteiger partial charge in [-0.05, 0) is 33.0 Å². The van der Waals surface area contributed by atoms with Crippen molar-refractivity contribution in [1.82, 2.24) is 15.5 Å². The molecule has 1 aromatic rings. The molecular weight excluding hydrogens is 422 g/mol. The van der Waals surface area contributed by atoms with Crippen molar-refractivity contribution in [2.24, 2.45) is 4.99 Å². The average Bonchev–Trinajstić information content (AvgIpc) is 2.57. The van der Waals surface area contributed by atoms with Gasteiger partial charge in [0, 0.05) is 44.5 Å². The largest absolute Gasteiger partial charge is 0.381 e. The molecule has 0 saturated carbocycles. The van der Waals surface area contributed by atoms with E-state index in [1.807, 2.05) is 6.07 Å². The van der Waals surface area contributed by atoms with Gasteiger partial charge >= 0.3 is 0 Å². The molecule has 7 heteroatoms. The molecule has 2 rings (SSSR count). The lowest BCUT2D eigenvalue weighted by Gasteiger charge is -2.43. The van der Waals surface area contributed by atoms with Crippen LogP contribution in [-0.2, 0) is 11.3 Å². The first kappa shape index (κ1) is 21.1. The number of rotatable bonds is 5. The van der Waals surface area contributed by atoms with E-state index in [2.05, 4.69) is 34.6 Å². The van der Waals surface area contributed by atoms with Crippen LogP contribution in [0.4, 0.5) is 4.39 Å². The first-order valence-corrected chi connectivity index (χ1v) is 8.00. The minimum absolute atomic E-state index is 0. The summed E-state index contributed by atoms with van der Waals surface area (Å²) in [5.41, 5.74) is 0.692. The average molecular weight is 450 g/mol. The molecule has 5 nitrogen and oxygen atoms in total. The minimum atomic E-state index is -0.204. The van der Waals surface area contributed by atoms with E-state index in [9.17, 15) is 4.39 Å². The Bertz CT molecular complexity index is 533. The van der Waals surface area contributed by atoms with Gasteiger partial charge in [0.1, 0.15) is 5.82 Å². The van der Waals surface area contributed by atoms with E-state index < -0.39 is 0 Å². The lowest BCUT2D eigenvalue weighted by Crippen LogP contribution is -2.57. The second-order valence-corrected chi connectivity index (χ2v) is 6.10. The molecule has 0 atom stereocenters. The molecule has 0 radical (unpaired) electrons. The Morgan fingerprint density at radius 1 is 1.25 bits per heavy atom. The number of guanidine groups is 1. The third-order valence-electron chi connectivity index (χ3n) is 4.58. The quantitative estimate of drug-likeness (QED) is 0.411. The maximum Gasteiger partial charge on any atom is 0.191 e. The van der Waals surface area contributed by atoms with Crippen LogP contribution in [0.3, 0.4) is 0 Å². The maximum atomic E-state index is 13.7. The van der Waals surface area contributed by atoms with E-state index in [1.165, 1.54) is 6.07 Å². The highest BCUT2D eigenvalue weighted by Gasteiger charge is 2.34. The summed E-state index contributed by atoms with van der Waals surface area (Å²) in [6, 6.07) is 6.77. The van der Waals surface area contributed by atoms with Crippen LogP contribution >= 0.6 is 24.0 Å². The molecule has 0 aliphatic carbocycles. The number of nitrogens with zero attached hydrogens (tertiary/aromatic N) is 2. The van der Waals surface area contributed by atoms with Crippen LogP contribution in [0.15, 0.2) is 29.3 Å². The Balaban J connectivity index is 0.00000288. The molecule has 2 N–H and O–H groups in total.